The van der Waals surface area contributed by atoms with Crippen LogP contribution in [0.5, 0.6) is 0 Å². The van der Waals surface area contributed by atoms with Gasteiger partial charge in [-0.05, 0) is 53.6 Å². The summed E-state index contributed by atoms with van der Waals surface area (Å²) in [6.45, 7) is 12.1. The van der Waals surface area contributed by atoms with Gasteiger partial charge in [-0.3, -0.25) is 4.90 Å². The maximum absolute atomic E-state index is 12.7. The first kappa shape index (κ1) is 28.5. The molecule has 1 aliphatic heterocycles. The minimum Gasteiger partial charge on any atom is -0.431 e. The molecule has 8 nitrogen and oxygen atoms in total. The Balaban J connectivity index is 1.20. The van der Waals surface area contributed by atoms with Crippen molar-refractivity contribution in [2.24, 2.45) is 5.41 Å². The molecule has 5 rings (SSSR count). The molecule has 1 fully saturated rings. The number of ether oxygens (including phenoxy) is 2. The van der Waals surface area contributed by atoms with Crippen LogP contribution in [0.3, 0.4) is 0 Å². The molecule has 0 saturated carbocycles. The number of hydrogen-bond acceptors (Lipinski definition) is 7. The summed E-state index contributed by atoms with van der Waals surface area (Å²) in [6.07, 6.45) is -0.393. The third kappa shape index (κ3) is 7.19. The van der Waals surface area contributed by atoms with E-state index >= 15 is 0 Å². The Morgan fingerprint density at radius 3 is 2.37 bits per heavy atom. The monoisotopic (exact) mass is 557 g/mol. The lowest BCUT2D eigenvalue weighted by atomic mass is 9.90. The van der Waals surface area contributed by atoms with Crippen molar-refractivity contribution in [3.05, 3.63) is 88.9 Å². The number of aromatic nitrogens is 1. The van der Waals surface area contributed by atoms with Crippen LogP contribution < -0.4 is 10.7 Å². The quantitative estimate of drug-likeness (QED) is 0.228. The molecule has 0 bridgehead atoms. The number of nitrogens with zero attached hydrogens (tertiary/aromatic N) is 3. The lowest BCUT2D eigenvalue weighted by Gasteiger charge is -2.36. The molecule has 2 heterocycles. The first-order valence-corrected chi connectivity index (χ1v) is 14.2. The second-order valence-electron chi connectivity index (χ2n) is 12.0. The van der Waals surface area contributed by atoms with Gasteiger partial charge < -0.3 is 18.8 Å². The fourth-order valence-electron chi connectivity index (χ4n) is 5.55. The van der Waals surface area contributed by atoms with Crippen molar-refractivity contribution in [1.29, 1.82) is 0 Å². The number of piperazine rings is 1. The van der Waals surface area contributed by atoms with E-state index in [1.54, 1.807) is 6.07 Å². The van der Waals surface area contributed by atoms with E-state index in [4.69, 9.17) is 13.9 Å². The molecule has 1 aliphatic rings. The highest BCUT2D eigenvalue weighted by atomic mass is 16.7. The number of benzene rings is 3. The zero-order valence-electron chi connectivity index (χ0n) is 24.3. The molecule has 0 amide bonds. The van der Waals surface area contributed by atoms with Crippen LogP contribution in [0, 0.1) is 5.41 Å². The molecule has 0 N–H and O–H groups in total. The first-order chi connectivity index (χ1) is 19.7. The van der Waals surface area contributed by atoms with Crippen LogP contribution in [0.15, 0.2) is 82.0 Å². The van der Waals surface area contributed by atoms with Crippen LogP contribution in [0.1, 0.15) is 39.7 Å². The van der Waals surface area contributed by atoms with E-state index in [1.807, 2.05) is 25.1 Å². The molecule has 1 saturated heterocycles. The normalized spacial score (nSPS) is 15.2. The summed E-state index contributed by atoms with van der Waals surface area (Å²) in [5, 5.41) is 0. The van der Waals surface area contributed by atoms with Crippen molar-refractivity contribution < 1.29 is 18.7 Å². The largest absolute Gasteiger partial charge is 0.510 e. The molecular formula is C33H39N3O5. The number of hydrogen-bond donors (Lipinski definition) is 0. The van der Waals surface area contributed by atoms with Crippen molar-refractivity contribution in [2.45, 2.75) is 53.5 Å². The summed E-state index contributed by atoms with van der Waals surface area (Å²) >= 11 is 0. The number of anilines is 1. The lowest BCUT2D eigenvalue weighted by molar-refractivity contribution is 0.00107. The lowest BCUT2D eigenvalue weighted by Crippen LogP contribution is -2.46. The second-order valence-corrected chi connectivity index (χ2v) is 12.0. The topological polar surface area (TPSA) is 77.1 Å². The molecule has 1 atom stereocenters. The Bertz CT molecular complexity index is 1530. The van der Waals surface area contributed by atoms with Gasteiger partial charge in [0.2, 0.25) is 0 Å². The van der Waals surface area contributed by atoms with E-state index in [9.17, 15) is 9.59 Å². The molecular weight excluding hydrogens is 518 g/mol. The Morgan fingerprint density at radius 1 is 0.927 bits per heavy atom. The highest BCUT2D eigenvalue weighted by Gasteiger charge is 2.23. The average molecular weight is 558 g/mol. The minimum absolute atomic E-state index is 0.0206. The molecule has 41 heavy (non-hydrogen) atoms. The van der Waals surface area contributed by atoms with Crippen LogP contribution in [0.2, 0.25) is 0 Å². The van der Waals surface area contributed by atoms with Gasteiger partial charge >= 0.3 is 11.9 Å². The van der Waals surface area contributed by atoms with Crippen molar-refractivity contribution in [3.63, 3.8) is 0 Å². The maximum Gasteiger partial charge on any atom is 0.510 e. The average Bonchev–Trinajstić information content (AvgIpc) is 3.27. The fraction of sp³-hybridized carbons (Fsp3) is 0.394. The maximum atomic E-state index is 12.7. The molecule has 1 aromatic heterocycles. The summed E-state index contributed by atoms with van der Waals surface area (Å²) in [5.41, 5.74) is 5.71. The Morgan fingerprint density at radius 2 is 1.63 bits per heavy atom. The highest BCUT2D eigenvalue weighted by molar-refractivity contribution is 5.87. The van der Waals surface area contributed by atoms with Gasteiger partial charge in [-0.15, -0.1) is 0 Å². The number of rotatable bonds is 8. The summed E-state index contributed by atoms with van der Waals surface area (Å²) in [6, 6.07) is 24.8. The van der Waals surface area contributed by atoms with E-state index in [2.05, 4.69) is 79.1 Å². The van der Waals surface area contributed by atoms with Crippen molar-refractivity contribution in [2.75, 3.05) is 31.1 Å². The van der Waals surface area contributed by atoms with Gasteiger partial charge in [-0.2, -0.15) is 0 Å². The van der Waals surface area contributed by atoms with Crippen molar-refractivity contribution in [1.82, 2.24) is 9.47 Å². The van der Waals surface area contributed by atoms with Gasteiger partial charge in [0.15, 0.2) is 12.3 Å². The predicted octanol–water partition coefficient (Wildman–Crippen LogP) is 6.52. The van der Waals surface area contributed by atoms with Crippen LogP contribution in [0.25, 0.3) is 22.2 Å². The number of oxazole rings is 1. The SMILES string of the molecule is CC(CC(C)(C)C)OC(=O)OCn1c(=O)oc2c(N3CCN(Cc4cccc(-c5ccccc5)c4)CC3)cccc21. The van der Waals surface area contributed by atoms with E-state index in [0.717, 1.165) is 38.4 Å². The first-order valence-electron chi connectivity index (χ1n) is 14.2. The zero-order chi connectivity index (χ0) is 29.0. The van der Waals surface area contributed by atoms with Gasteiger partial charge in [0, 0.05) is 32.7 Å². The second kappa shape index (κ2) is 12.2. The van der Waals surface area contributed by atoms with Crippen molar-refractivity contribution >= 4 is 22.9 Å². The number of carbonyl (C=O) groups excluding carboxylic acids is 1. The van der Waals surface area contributed by atoms with Crippen LogP contribution in [-0.2, 0) is 22.7 Å². The van der Waals surface area contributed by atoms with Crippen LogP contribution in [0.4, 0.5) is 10.5 Å². The van der Waals surface area contributed by atoms with Gasteiger partial charge in [0.05, 0.1) is 11.2 Å². The summed E-state index contributed by atoms with van der Waals surface area (Å²) in [4.78, 5) is 29.7. The number of para-hydroxylation sites is 1. The third-order valence-corrected chi connectivity index (χ3v) is 7.34. The Labute approximate surface area is 241 Å². The van der Waals surface area contributed by atoms with Gasteiger partial charge in [-0.25, -0.2) is 14.2 Å². The molecule has 1 unspecified atom stereocenters. The molecule has 0 aliphatic carbocycles. The number of fused-ring (bicyclic) bond motifs is 1. The van der Waals surface area contributed by atoms with E-state index in [1.165, 1.54) is 21.3 Å². The smallest absolute Gasteiger partial charge is 0.431 e. The van der Waals surface area contributed by atoms with E-state index in [-0.39, 0.29) is 18.2 Å². The van der Waals surface area contributed by atoms with Gasteiger partial charge in [0.25, 0.3) is 0 Å². The molecule has 8 heteroatoms. The Kier molecular flexibility index (Phi) is 8.49. The third-order valence-electron chi connectivity index (χ3n) is 7.34. The van der Waals surface area contributed by atoms with E-state index < -0.39 is 11.9 Å². The van der Waals surface area contributed by atoms with Gasteiger partial charge in [0.1, 0.15) is 6.10 Å². The molecule has 0 spiro atoms. The molecule has 3 aromatic carbocycles. The summed E-state index contributed by atoms with van der Waals surface area (Å²) in [5.74, 6) is -0.570. The standard InChI is InChI=1S/C33H39N3O5/c1-24(21-33(2,3)4)40-32(38)39-23-36-29-15-9-14-28(30(29)41-31(36)37)35-18-16-34(17-19-35)22-25-10-8-13-27(20-25)26-11-6-5-7-12-26/h5-15,20,24H,16-19,21-23H2,1-4H3. The Hall–Kier alpha value is -4.04. The minimum atomic E-state index is -0.801. The number of carbonyl (C=O) groups is 1. The predicted molar refractivity (Wildman–Crippen MR) is 161 cm³/mol. The molecule has 0 radical (unpaired) electrons. The van der Waals surface area contributed by atoms with Crippen LogP contribution in [-0.4, -0.2) is 47.9 Å². The molecule has 4 aromatic rings. The summed E-state index contributed by atoms with van der Waals surface area (Å²) < 4.78 is 17.6. The van der Waals surface area contributed by atoms with Gasteiger partial charge in [-0.1, -0.05) is 75.4 Å². The highest BCUT2D eigenvalue weighted by Crippen LogP contribution is 2.28. The zero-order valence-corrected chi connectivity index (χ0v) is 24.3. The summed E-state index contributed by atoms with van der Waals surface area (Å²) in [7, 11) is 0. The fourth-order valence-corrected chi connectivity index (χ4v) is 5.55. The van der Waals surface area contributed by atoms with Crippen molar-refractivity contribution in [3.8, 4) is 11.1 Å². The van der Waals surface area contributed by atoms with Crippen LogP contribution >= 0.6 is 0 Å². The van der Waals surface area contributed by atoms with E-state index in [0.29, 0.717) is 17.5 Å². The molecule has 216 valence electrons.